The Hall–Kier alpha value is -2.21. The quantitative estimate of drug-likeness (QED) is 0.917. The van der Waals surface area contributed by atoms with Gasteiger partial charge in [0.05, 0.1) is 10.6 Å². The molecule has 0 amide bonds. The molecule has 1 aromatic heterocycles. The molecule has 0 spiro atoms. The highest BCUT2D eigenvalue weighted by Gasteiger charge is 2.10. The maximum atomic E-state index is 11.6. The molecule has 19 heavy (non-hydrogen) atoms. The Morgan fingerprint density at radius 1 is 1.11 bits per heavy atom. The van der Waals surface area contributed by atoms with Crippen molar-refractivity contribution < 1.29 is 8.42 Å². The number of nitrogens with one attached hydrogen (secondary N) is 1. The van der Waals surface area contributed by atoms with Crippen LogP contribution in [0.3, 0.4) is 0 Å². The van der Waals surface area contributed by atoms with Crippen LogP contribution in [0.5, 0.6) is 0 Å². The van der Waals surface area contributed by atoms with Crippen LogP contribution in [-0.2, 0) is 9.84 Å². The van der Waals surface area contributed by atoms with Crippen molar-refractivity contribution in [2.75, 3.05) is 6.26 Å². The lowest BCUT2D eigenvalue weighted by molar-refractivity contribution is 0.601. The van der Waals surface area contributed by atoms with E-state index in [9.17, 15) is 13.2 Å². The molecule has 5 nitrogen and oxygen atoms in total. The number of aromatic nitrogens is 2. The number of nitrogens with zero attached hydrogens (tertiary/aromatic N) is 1. The zero-order valence-electron chi connectivity index (χ0n) is 10.2. The first kappa shape index (κ1) is 13.2. The number of H-pyrrole nitrogens is 1. The third-order valence-corrected chi connectivity index (χ3v) is 3.62. The predicted octanol–water partition coefficient (Wildman–Crippen LogP) is 1.34. The van der Waals surface area contributed by atoms with Gasteiger partial charge in [-0.25, -0.2) is 13.5 Å². The SMILES string of the molecule is CS(=O)(=O)c1ccccc1C=Cc1ccc(=O)[nH]n1. The molecule has 0 saturated carbocycles. The second-order valence-corrected chi connectivity index (χ2v) is 5.97. The van der Waals surface area contributed by atoms with Crippen molar-refractivity contribution in [1.29, 1.82) is 0 Å². The van der Waals surface area contributed by atoms with E-state index < -0.39 is 9.84 Å². The van der Waals surface area contributed by atoms with Crippen LogP contribution in [0, 0.1) is 0 Å². The van der Waals surface area contributed by atoms with Crippen molar-refractivity contribution in [3.8, 4) is 0 Å². The molecule has 1 heterocycles. The van der Waals surface area contributed by atoms with Crippen LogP contribution < -0.4 is 5.56 Å². The first-order valence-corrected chi connectivity index (χ1v) is 7.39. The summed E-state index contributed by atoms with van der Waals surface area (Å²) in [6.45, 7) is 0. The fourth-order valence-electron chi connectivity index (χ4n) is 1.58. The van der Waals surface area contributed by atoms with Crippen molar-refractivity contribution >= 4 is 22.0 Å². The van der Waals surface area contributed by atoms with Gasteiger partial charge in [0.25, 0.3) is 5.56 Å². The van der Waals surface area contributed by atoms with Crippen LogP contribution in [0.1, 0.15) is 11.3 Å². The zero-order valence-corrected chi connectivity index (χ0v) is 11.0. The predicted molar refractivity (Wildman–Crippen MR) is 73.3 cm³/mol. The molecule has 0 aliphatic carbocycles. The van der Waals surface area contributed by atoms with Crippen molar-refractivity contribution in [1.82, 2.24) is 10.2 Å². The lowest BCUT2D eigenvalue weighted by Crippen LogP contribution is -2.05. The average molecular weight is 276 g/mol. The van der Waals surface area contributed by atoms with Crippen LogP contribution in [0.4, 0.5) is 0 Å². The molecule has 98 valence electrons. The van der Waals surface area contributed by atoms with Gasteiger partial charge in [-0.1, -0.05) is 24.3 Å². The van der Waals surface area contributed by atoms with Crippen molar-refractivity contribution in [3.05, 3.63) is 58.0 Å². The number of hydrogen-bond donors (Lipinski definition) is 1. The van der Waals surface area contributed by atoms with Crippen molar-refractivity contribution in [3.63, 3.8) is 0 Å². The Kier molecular flexibility index (Phi) is 3.62. The fraction of sp³-hybridized carbons (Fsp3) is 0.0769. The number of aromatic amines is 1. The minimum Gasteiger partial charge on any atom is -0.268 e. The van der Waals surface area contributed by atoms with Crippen molar-refractivity contribution in [2.24, 2.45) is 0 Å². The smallest absolute Gasteiger partial charge is 0.264 e. The maximum Gasteiger partial charge on any atom is 0.264 e. The van der Waals surface area contributed by atoms with E-state index in [1.807, 2.05) is 0 Å². The summed E-state index contributed by atoms with van der Waals surface area (Å²) < 4.78 is 23.2. The monoisotopic (exact) mass is 276 g/mol. The highest BCUT2D eigenvalue weighted by Crippen LogP contribution is 2.17. The number of benzene rings is 1. The lowest BCUT2D eigenvalue weighted by Gasteiger charge is -2.02. The fourth-order valence-corrected chi connectivity index (χ4v) is 2.47. The molecule has 0 unspecified atom stereocenters. The molecule has 6 heteroatoms. The normalized spacial score (nSPS) is 11.8. The first-order chi connectivity index (χ1) is 8.97. The standard InChI is InChI=1S/C13H12N2O3S/c1-19(17,18)12-5-3-2-4-10(12)6-7-11-8-9-13(16)15-14-11/h2-9H,1H3,(H,15,16). The molecule has 0 saturated heterocycles. The van der Waals surface area contributed by atoms with Gasteiger partial charge in [-0.15, -0.1) is 0 Å². The number of hydrogen-bond acceptors (Lipinski definition) is 4. The van der Waals surface area contributed by atoms with Crippen LogP contribution in [0.2, 0.25) is 0 Å². The minimum atomic E-state index is -3.27. The van der Waals surface area contributed by atoms with Crippen LogP contribution >= 0.6 is 0 Å². The third-order valence-electron chi connectivity index (χ3n) is 2.45. The van der Waals surface area contributed by atoms with E-state index in [4.69, 9.17) is 0 Å². The molecule has 0 aliphatic heterocycles. The first-order valence-electron chi connectivity index (χ1n) is 5.50. The molecule has 0 radical (unpaired) electrons. The molecular formula is C13H12N2O3S. The molecule has 2 rings (SSSR count). The summed E-state index contributed by atoms with van der Waals surface area (Å²) in [7, 11) is -3.27. The van der Waals surface area contributed by atoms with Gasteiger partial charge in [0, 0.05) is 12.3 Å². The van der Waals surface area contributed by atoms with E-state index >= 15 is 0 Å². The van der Waals surface area contributed by atoms with Gasteiger partial charge in [-0.05, 0) is 23.8 Å². The van der Waals surface area contributed by atoms with Gasteiger partial charge in [0.1, 0.15) is 0 Å². The summed E-state index contributed by atoms with van der Waals surface area (Å²) in [5.74, 6) is 0. The molecule has 0 fully saturated rings. The Morgan fingerprint density at radius 3 is 2.47 bits per heavy atom. The molecule has 0 atom stereocenters. The summed E-state index contributed by atoms with van der Waals surface area (Å²) in [4.78, 5) is 11.1. The third kappa shape index (κ3) is 3.38. The summed E-state index contributed by atoms with van der Waals surface area (Å²) in [5, 5.41) is 6.12. The largest absolute Gasteiger partial charge is 0.268 e. The number of rotatable bonds is 3. The lowest BCUT2D eigenvalue weighted by atomic mass is 10.2. The molecule has 1 N–H and O–H groups in total. The number of sulfone groups is 1. The maximum absolute atomic E-state index is 11.6. The molecular weight excluding hydrogens is 264 g/mol. The molecule has 0 aliphatic rings. The van der Waals surface area contributed by atoms with E-state index in [-0.39, 0.29) is 10.5 Å². The topological polar surface area (TPSA) is 79.9 Å². The van der Waals surface area contributed by atoms with Gasteiger partial charge in [-0.3, -0.25) is 4.79 Å². The second kappa shape index (κ2) is 5.19. The van der Waals surface area contributed by atoms with E-state index in [2.05, 4.69) is 10.2 Å². The highest BCUT2D eigenvalue weighted by molar-refractivity contribution is 7.90. The van der Waals surface area contributed by atoms with E-state index in [1.165, 1.54) is 6.07 Å². The van der Waals surface area contributed by atoms with Gasteiger partial charge >= 0.3 is 0 Å². The zero-order chi connectivity index (χ0) is 13.9. The van der Waals surface area contributed by atoms with Crippen LogP contribution in [0.15, 0.2) is 46.1 Å². The average Bonchev–Trinajstić information content (AvgIpc) is 2.37. The van der Waals surface area contributed by atoms with Crippen LogP contribution in [-0.4, -0.2) is 24.9 Å². The van der Waals surface area contributed by atoms with Gasteiger partial charge < -0.3 is 0 Å². The Balaban J connectivity index is 2.39. The van der Waals surface area contributed by atoms with Crippen molar-refractivity contribution in [2.45, 2.75) is 4.90 Å². The van der Waals surface area contributed by atoms with Gasteiger partial charge in [-0.2, -0.15) is 5.10 Å². The summed E-state index contributed by atoms with van der Waals surface area (Å²) in [6, 6.07) is 9.60. The Bertz CT molecular complexity index is 756. The second-order valence-electron chi connectivity index (χ2n) is 3.99. The van der Waals surface area contributed by atoms with E-state index in [0.29, 0.717) is 11.3 Å². The summed E-state index contributed by atoms with van der Waals surface area (Å²) >= 11 is 0. The Morgan fingerprint density at radius 2 is 1.84 bits per heavy atom. The molecule has 2 aromatic rings. The summed E-state index contributed by atoms with van der Waals surface area (Å²) in [6.07, 6.45) is 4.45. The molecule has 1 aromatic carbocycles. The van der Waals surface area contributed by atoms with Crippen LogP contribution in [0.25, 0.3) is 12.2 Å². The van der Waals surface area contributed by atoms with E-state index in [0.717, 1.165) is 6.26 Å². The van der Waals surface area contributed by atoms with E-state index in [1.54, 1.807) is 42.5 Å². The Labute approximate surface area is 110 Å². The van der Waals surface area contributed by atoms with Gasteiger partial charge in [0.15, 0.2) is 9.84 Å². The summed E-state index contributed by atoms with van der Waals surface area (Å²) in [5.41, 5.74) is 0.842. The molecule has 0 bridgehead atoms. The van der Waals surface area contributed by atoms with Gasteiger partial charge in [0.2, 0.25) is 0 Å². The minimum absolute atomic E-state index is 0.260. The highest BCUT2D eigenvalue weighted by atomic mass is 32.2.